The van der Waals surface area contributed by atoms with Crippen molar-refractivity contribution < 1.29 is 4.74 Å². The van der Waals surface area contributed by atoms with Crippen LogP contribution in [0.5, 0.6) is 11.6 Å². The smallest absolute Gasteiger partial charge is 0.243 e. The Morgan fingerprint density at radius 1 is 1.42 bits per heavy atom. The number of ether oxygens (including phenoxy) is 1. The van der Waals surface area contributed by atoms with Crippen molar-refractivity contribution in [2.24, 2.45) is 0 Å². The number of hydrogen-bond acceptors (Lipinski definition) is 3. The first-order chi connectivity index (χ1) is 9.19. The second-order valence-electron chi connectivity index (χ2n) is 4.06. The van der Waals surface area contributed by atoms with E-state index in [0.29, 0.717) is 22.5 Å². The number of benzene rings is 1. The molecule has 19 heavy (non-hydrogen) atoms. The Balaban J connectivity index is 2.05. The lowest BCUT2D eigenvalue weighted by molar-refractivity contribution is 0.458. The standard InChI is InChI=1S/C13H10Cl2N2OS/c1-8-2-3-9(15)6-11(8)18-12-10(7-14)17-4-5-19-13(17)16-12/h2-6H,7H2,1H3. The molecule has 0 radical (unpaired) electrons. The van der Waals surface area contributed by atoms with E-state index in [4.69, 9.17) is 27.9 Å². The molecule has 3 nitrogen and oxygen atoms in total. The molecule has 0 spiro atoms. The minimum atomic E-state index is 0.340. The molecule has 0 fully saturated rings. The van der Waals surface area contributed by atoms with E-state index in [0.717, 1.165) is 16.2 Å². The van der Waals surface area contributed by atoms with Gasteiger partial charge in [0.05, 0.1) is 5.88 Å². The van der Waals surface area contributed by atoms with Crippen molar-refractivity contribution in [3.05, 3.63) is 46.1 Å². The molecular weight excluding hydrogens is 303 g/mol. The molecule has 2 heterocycles. The lowest BCUT2D eigenvalue weighted by Gasteiger charge is -2.07. The van der Waals surface area contributed by atoms with E-state index in [-0.39, 0.29) is 0 Å². The van der Waals surface area contributed by atoms with Gasteiger partial charge in [0.25, 0.3) is 0 Å². The van der Waals surface area contributed by atoms with Gasteiger partial charge in [0.15, 0.2) is 4.96 Å². The number of alkyl halides is 1. The molecule has 0 aliphatic rings. The monoisotopic (exact) mass is 312 g/mol. The molecule has 0 atom stereocenters. The van der Waals surface area contributed by atoms with Gasteiger partial charge in [-0.15, -0.1) is 22.9 Å². The second-order valence-corrected chi connectivity index (χ2v) is 5.64. The molecule has 0 amide bonds. The van der Waals surface area contributed by atoms with Crippen molar-refractivity contribution in [1.82, 2.24) is 9.38 Å². The van der Waals surface area contributed by atoms with Gasteiger partial charge in [0.1, 0.15) is 11.4 Å². The lowest BCUT2D eigenvalue weighted by Crippen LogP contribution is -1.92. The Morgan fingerprint density at radius 2 is 2.26 bits per heavy atom. The van der Waals surface area contributed by atoms with Gasteiger partial charge >= 0.3 is 0 Å². The number of thiazole rings is 1. The van der Waals surface area contributed by atoms with Crippen molar-refractivity contribution in [3.8, 4) is 11.6 Å². The van der Waals surface area contributed by atoms with E-state index in [1.54, 1.807) is 17.4 Å². The number of hydrogen-bond donors (Lipinski definition) is 0. The summed E-state index contributed by atoms with van der Waals surface area (Å²) in [6.07, 6.45) is 1.93. The number of imidazole rings is 1. The van der Waals surface area contributed by atoms with Crippen molar-refractivity contribution >= 4 is 39.5 Å². The zero-order chi connectivity index (χ0) is 13.4. The molecule has 2 aromatic heterocycles. The molecule has 98 valence electrons. The second kappa shape index (κ2) is 5.04. The maximum absolute atomic E-state index is 5.98. The summed E-state index contributed by atoms with van der Waals surface area (Å²) in [5.41, 5.74) is 1.85. The maximum atomic E-state index is 5.98. The topological polar surface area (TPSA) is 26.5 Å². The van der Waals surface area contributed by atoms with E-state index in [1.165, 1.54) is 0 Å². The van der Waals surface area contributed by atoms with E-state index in [1.807, 2.05) is 35.0 Å². The van der Waals surface area contributed by atoms with Crippen LogP contribution in [0.1, 0.15) is 11.3 Å². The van der Waals surface area contributed by atoms with E-state index < -0.39 is 0 Å². The summed E-state index contributed by atoms with van der Waals surface area (Å²) in [6, 6.07) is 5.52. The van der Waals surface area contributed by atoms with Crippen LogP contribution in [0.25, 0.3) is 4.96 Å². The first kappa shape index (κ1) is 12.8. The van der Waals surface area contributed by atoms with Crippen molar-refractivity contribution in [2.75, 3.05) is 0 Å². The first-order valence-corrected chi connectivity index (χ1v) is 7.42. The molecule has 3 aromatic rings. The third-order valence-corrected chi connectivity index (χ3v) is 4.05. The van der Waals surface area contributed by atoms with E-state index >= 15 is 0 Å². The minimum Gasteiger partial charge on any atom is -0.437 e. The Kier molecular flexibility index (Phi) is 3.39. The number of aryl methyl sites for hydroxylation is 1. The molecule has 0 saturated carbocycles. The van der Waals surface area contributed by atoms with Gasteiger partial charge in [-0.2, -0.15) is 4.98 Å². The summed E-state index contributed by atoms with van der Waals surface area (Å²) in [6.45, 7) is 1.96. The fourth-order valence-corrected chi connectivity index (χ4v) is 2.93. The Labute approximate surface area is 124 Å². The average Bonchev–Trinajstić information content (AvgIpc) is 2.94. The Morgan fingerprint density at radius 3 is 3.05 bits per heavy atom. The highest BCUT2D eigenvalue weighted by atomic mass is 35.5. The van der Waals surface area contributed by atoms with Crippen LogP contribution < -0.4 is 4.74 Å². The fourth-order valence-electron chi connectivity index (χ4n) is 1.80. The summed E-state index contributed by atoms with van der Waals surface area (Å²) >= 11 is 13.5. The van der Waals surface area contributed by atoms with Crippen LogP contribution in [-0.4, -0.2) is 9.38 Å². The van der Waals surface area contributed by atoms with Crippen LogP contribution in [0.3, 0.4) is 0 Å². The maximum Gasteiger partial charge on any atom is 0.243 e. The van der Waals surface area contributed by atoms with Gasteiger partial charge in [0, 0.05) is 16.6 Å². The molecule has 0 saturated heterocycles. The lowest BCUT2D eigenvalue weighted by atomic mass is 10.2. The molecule has 0 N–H and O–H groups in total. The summed E-state index contributed by atoms with van der Waals surface area (Å²) in [5.74, 6) is 1.57. The summed E-state index contributed by atoms with van der Waals surface area (Å²) < 4.78 is 7.80. The number of aromatic nitrogens is 2. The van der Waals surface area contributed by atoms with E-state index in [2.05, 4.69) is 4.98 Å². The van der Waals surface area contributed by atoms with Gasteiger partial charge in [-0.25, -0.2) is 0 Å². The van der Waals surface area contributed by atoms with Gasteiger partial charge < -0.3 is 4.74 Å². The molecule has 3 rings (SSSR count). The molecule has 0 aliphatic heterocycles. The van der Waals surface area contributed by atoms with Crippen molar-refractivity contribution in [3.63, 3.8) is 0 Å². The highest BCUT2D eigenvalue weighted by Gasteiger charge is 2.15. The largest absolute Gasteiger partial charge is 0.437 e. The van der Waals surface area contributed by atoms with E-state index in [9.17, 15) is 0 Å². The number of fused-ring (bicyclic) bond motifs is 1. The van der Waals surface area contributed by atoms with Crippen LogP contribution in [0.4, 0.5) is 0 Å². The quantitative estimate of drug-likeness (QED) is 0.644. The Bertz CT molecular complexity index is 735. The predicted octanol–water partition coefficient (Wildman–Crippen LogP) is 4.89. The third kappa shape index (κ3) is 2.31. The zero-order valence-electron chi connectivity index (χ0n) is 10.1. The molecule has 0 unspecified atom stereocenters. The molecule has 0 aliphatic carbocycles. The number of rotatable bonds is 3. The van der Waals surface area contributed by atoms with Crippen molar-refractivity contribution in [1.29, 1.82) is 0 Å². The molecule has 1 aromatic carbocycles. The van der Waals surface area contributed by atoms with Crippen LogP contribution in [-0.2, 0) is 5.88 Å². The van der Waals surface area contributed by atoms with Crippen LogP contribution in [0, 0.1) is 6.92 Å². The normalized spacial score (nSPS) is 11.1. The average molecular weight is 313 g/mol. The molecule has 0 bridgehead atoms. The van der Waals surface area contributed by atoms with Gasteiger partial charge in [-0.05, 0) is 24.6 Å². The fraction of sp³-hybridized carbons (Fsp3) is 0.154. The molecular formula is C13H10Cl2N2OS. The van der Waals surface area contributed by atoms with Gasteiger partial charge in [0.2, 0.25) is 5.88 Å². The van der Waals surface area contributed by atoms with Gasteiger partial charge in [-0.3, -0.25) is 4.40 Å². The Hall–Kier alpha value is -1.23. The first-order valence-electron chi connectivity index (χ1n) is 5.63. The molecule has 6 heteroatoms. The van der Waals surface area contributed by atoms with Crippen LogP contribution in [0.2, 0.25) is 5.02 Å². The SMILES string of the molecule is Cc1ccc(Cl)cc1Oc1nc2sccn2c1CCl. The highest BCUT2D eigenvalue weighted by Crippen LogP contribution is 2.32. The zero-order valence-corrected chi connectivity index (χ0v) is 12.4. The van der Waals surface area contributed by atoms with Crippen LogP contribution in [0.15, 0.2) is 29.8 Å². The van der Waals surface area contributed by atoms with Crippen molar-refractivity contribution in [2.45, 2.75) is 12.8 Å². The van der Waals surface area contributed by atoms with Gasteiger partial charge in [-0.1, -0.05) is 17.7 Å². The summed E-state index contributed by atoms with van der Waals surface area (Å²) in [7, 11) is 0. The third-order valence-electron chi connectivity index (χ3n) is 2.81. The van der Waals surface area contributed by atoms with Crippen LogP contribution >= 0.6 is 34.5 Å². The number of nitrogens with zero attached hydrogens (tertiary/aromatic N) is 2. The highest BCUT2D eigenvalue weighted by molar-refractivity contribution is 7.15. The summed E-state index contributed by atoms with van der Waals surface area (Å²) in [5, 5.41) is 2.60. The predicted molar refractivity (Wildman–Crippen MR) is 78.9 cm³/mol. The summed E-state index contributed by atoms with van der Waals surface area (Å²) in [4.78, 5) is 5.31. The minimum absolute atomic E-state index is 0.340. The number of halogens is 2.